The molecule has 0 aromatic rings. The van der Waals surface area contributed by atoms with Crippen LogP contribution in [0.15, 0.2) is 0 Å². The number of likely N-dealkylation sites (N-methyl/N-ethyl adjacent to an activating group) is 1. The summed E-state index contributed by atoms with van der Waals surface area (Å²) in [5.74, 6) is 0.635. The summed E-state index contributed by atoms with van der Waals surface area (Å²) in [4.78, 5) is 14.5. The smallest absolute Gasteiger partial charge is 0.239 e. The minimum absolute atomic E-state index is 0.110. The molecule has 2 rings (SSSR count). The number of hydrogen-bond acceptors (Lipinski definition) is 4. The SMILES string of the molecule is CCN1CCOC[C@@H]1C(=O)NCC1C[C@@H](C)O[C@H](C)C1. The summed E-state index contributed by atoms with van der Waals surface area (Å²) >= 11 is 0. The fourth-order valence-electron chi connectivity index (χ4n) is 3.33. The van der Waals surface area contributed by atoms with Crippen molar-refractivity contribution in [1.82, 2.24) is 10.2 Å². The van der Waals surface area contributed by atoms with Crippen LogP contribution in [0.1, 0.15) is 33.6 Å². The zero-order chi connectivity index (χ0) is 14.5. The Balaban J connectivity index is 1.79. The van der Waals surface area contributed by atoms with Crippen molar-refractivity contribution in [2.45, 2.75) is 51.9 Å². The number of morpholine rings is 1. The van der Waals surface area contributed by atoms with Crippen molar-refractivity contribution >= 4 is 5.91 Å². The van der Waals surface area contributed by atoms with Crippen molar-refractivity contribution in [2.75, 3.05) is 32.8 Å². The van der Waals surface area contributed by atoms with Gasteiger partial charge in [-0.1, -0.05) is 6.92 Å². The minimum atomic E-state index is -0.122. The standard InChI is InChI=1S/C15H28N2O3/c1-4-17-5-6-19-10-14(17)15(18)16-9-13-7-11(2)20-12(3)8-13/h11-14H,4-10H2,1-3H3,(H,16,18)/t11-,12-,14-/m1/s1. The van der Waals surface area contributed by atoms with Crippen LogP contribution in [0.25, 0.3) is 0 Å². The van der Waals surface area contributed by atoms with Gasteiger partial charge in [-0.15, -0.1) is 0 Å². The molecule has 116 valence electrons. The summed E-state index contributed by atoms with van der Waals surface area (Å²) in [7, 11) is 0. The third kappa shape index (κ3) is 4.17. The third-order valence-corrected chi connectivity index (χ3v) is 4.31. The molecule has 0 aliphatic carbocycles. The van der Waals surface area contributed by atoms with Gasteiger partial charge in [0.05, 0.1) is 25.4 Å². The Morgan fingerprint density at radius 3 is 2.65 bits per heavy atom. The van der Waals surface area contributed by atoms with E-state index in [0.717, 1.165) is 39.1 Å². The van der Waals surface area contributed by atoms with E-state index in [1.54, 1.807) is 0 Å². The highest BCUT2D eigenvalue weighted by atomic mass is 16.5. The van der Waals surface area contributed by atoms with Gasteiger partial charge in [-0.2, -0.15) is 0 Å². The van der Waals surface area contributed by atoms with E-state index in [2.05, 4.69) is 31.0 Å². The predicted octanol–water partition coefficient (Wildman–Crippen LogP) is 1.03. The Labute approximate surface area is 122 Å². The van der Waals surface area contributed by atoms with E-state index in [-0.39, 0.29) is 11.9 Å². The minimum Gasteiger partial charge on any atom is -0.378 e. The first kappa shape index (κ1) is 15.7. The number of ether oxygens (including phenoxy) is 2. The second kappa shape index (κ2) is 7.38. The molecule has 0 unspecified atom stereocenters. The molecule has 0 spiro atoms. The van der Waals surface area contributed by atoms with Gasteiger partial charge in [0.2, 0.25) is 5.91 Å². The maximum Gasteiger partial charge on any atom is 0.239 e. The van der Waals surface area contributed by atoms with E-state index in [9.17, 15) is 4.79 Å². The lowest BCUT2D eigenvalue weighted by atomic mass is 9.92. The first-order valence-corrected chi connectivity index (χ1v) is 7.85. The molecule has 2 saturated heterocycles. The highest BCUT2D eigenvalue weighted by Gasteiger charge is 2.30. The summed E-state index contributed by atoms with van der Waals surface area (Å²) in [6, 6.07) is -0.122. The van der Waals surface area contributed by atoms with Gasteiger partial charge in [-0.25, -0.2) is 0 Å². The number of rotatable bonds is 4. The number of nitrogens with zero attached hydrogens (tertiary/aromatic N) is 1. The molecule has 0 aromatic carbocycles. The maximum absolute atomic E-state index is 12.3. The molecule has 2 aliphatic heterocycles. The Bertz CT molecular complexity index is 314. The van der Waals surface area contributed by atoms with Crippen LogP contribution >= 0.6 is 0 Å². The Morgan fingerprint density at radius 1 is 1.30 bits per heavy atom. The lowest BCUT2D eigenvalue weighted by Gasteiger charge is -2.35. The molecule has 2 heterocycles. The molecular formula is C15H28N2O3. The summed E-state index contributed by atoms with van der Waals surface area (Å²) in [6.07, 6.45) is 2.66. The maximum atomic E-state index is 12.3. The van der Waals surface area contributed by atoms with E-state index in [1.165, 1.54) is 0 Å². The molecule has 2 fully saturated rings. The van der Waals surface area contributed by atoms with Crippen molar-refractivity contribution < 1.29 is 14.3 Å². The fraction of sp³-hybridized carbons (Fsp3) is 0.933. The highest BCUT2D eigenvalue weighted by molar-refractivity contribution is 5.82. The number of amides is 1. The molecule has 0 bridgehead atoms. The molecule has 0 saturated carbocycles. The van der Waals surface area contributed by atoms with Gasteiger partial charge >= 0.3 is 0 Å². The molecule has 20 heavy (non-hydrogen) atoms. The zero-order valence-corrected chi connectivity index (χ0v) is 12.9. The second-order valence-corrected chi connectivity index (χ2v) is 6.06. The van der Waals surface area contributed by atoms with Crippen LogP contribution in [0, 0.1) is 5.92 Å². The fourth-order valence-corrected chi connectivity index (χ4v) is 3.33. The normalized spacial score (nSPS) is 35.8. The summed E-state index contributed by atoms with van der Waals surface area (Å²) < 4.78 is 11.2. The number of hydrogen-bond donors (Lipinski definition) is 1. The predicted molar refractivity (Wildman–Crippen MR) is 77.6 cm³/mol. The summed E-state index contributed by atoms with van der Waals surface area (Å²) in [6.45, 7) is 10.1. The van der Waals surface area contributed by atoms with Crippen molar-refractivity contribution in [3.63, 3.8) is 0 Å². The lowest BCUT2D eigenvalue weighted by Crippen LogP contribution is -2.54. The monoisotopic (exact) mass is 284 g/mol. The van der Waals surface area contributed by atoms with E-state index >= 15 is 0 Å². The Hall–Kier alpha value is -0.650. The van der Waals surface area contributed by atoms with E-state index in [0.29, 0.717) is 24.7 Å². The average molecular weight is 284 g/mol. The van der Waals surface area contributed by atoms with Crippen LogP contribution in [-0.2, 0) is 14.3 Å². The van der Waals surface area contributed by atoms with Gasteiger partial charge in [0.25, 0.3) is 0 Å². The van der Waals surface area contributed by atoms with Crippen molar-refractivity contribution in [3.05, 3.63) is 0 Å². The van der Waals surface area contributed by atoms with Gasteiger partial charge in [-0.3, -0.25) is 9.69 Å². The molecular weight excluding hydrogens is 256 g/mol. The van der Waals surface area contributed by atoms with Crippen molar-refractivity contribution in [3.8, 4) is 0 Å². The second-order valence-electron chi connectivity index (χ2n) is 6.06. The van der Waals surface area contributed by atoms with Crippen LogP contribution in [-0.4, -0.2) is 61.9 Å². The van der Waals surface area contributed by atoms with E-state index < -0.39 is 0 Å². The van der Waals surface area contributed by atoms with Crippen molar-refractivity contribution in [2.24, 2.45) is 5.92 Å². The van der Waals surface area contributed by atoms with Crippen LogP contribution < -0.4 is 5.32 Å². The third-order valence-electron chi connectivity index (χ3n) is 4.31. The topological polar surface area (TPSA) is 50.8 Å². The summed E-state index contributed by atoms with van der Waals surface area (Å²) in [5.41, 5.74) is 0. The van der Waals surface area contributed by atoms with Gasteiger partial charge < -0.3 is 14.8 Å². The number of carbonyl (C=O) groups is 1. The summed E-state index contributed by atoms with van der Waals surface area (Å²) in [5, 5.41) is 3.11. The zero-order valence-electron chi connectivity index (χ0n) is 12.9. The van der Waals surface area contributed by atoms with Gasteiger partial charge in [-0.05, 0) is 39.2 Å². The largest absolute Gasteiger partial charge is 0.378 e. The van der Waals surface area contributed by atoms with Crippen LogP contribution in [0.3, 0.4) is 0 Å². The van der Waals surface area contributed by atoms with Gasteiger partial charge in [0, 0.05) is 13.1 Å². The van der Waals surface area contributed by atoms with Gasteiger partial charge in [0.1, 0.15) is 6.04 Å². The first-order valence-electron chi connectivity index (χ1n) is 7.85. The van der Waals surface area contributed by atoms with Crippen LogP contribution in [0.5, 0.6) is 0 Å². The molecule has 1 N–H and O–H groups in total. The van der Waals surface area contributed by atoms with Crippen LogP contribution in [0.4, 0.5) is 0 Å². The highest BCUT2D eigenvalue weighted by Crippen LogP contribution is 2.24. The Kier molecular flexibility index (Phi) is 5.81. The molecule has 0 aromatic heterocycles. The lowest BCUT2D eigenvalue weighted by molar-refractivity contribution is -0.133. The van der Waals surface area contributed by atoms with Crippen LogP contribution in [0.2, 0.25) is 0 Å². The average Bonchev–Trinajstić information content (AvgIpc) is 2.43. The molecule has 1 amide bonds. The quantitative estimate of drug-likeness (QED) is 0.837. The molecule has 0 radical (unpaired) electrons. The van der Waals surface area contributed by atoms with Crippen molar-refractivity contribution in [1.29, 1.82) is 0 Å². The molecule has 3 atom stereocenters. The molecule has 2 aliphatic rings. The Morgan fingerprint density at radius 2 is 2.00 bits per heavy atom. The number of nitrogens with one attached hydrogen (secondary N) is 1. The van der Waals surface area contributed by atoms with E-state index in [4.69, 9.17) is 9.47 Å². The molecule has 5 nitrogen and oxygen atoms in total. The number of carbonyl (C=O) groups excluding carboxylic acids is 1. The van der Waals surface area contributed by atoms with Gasteiger partial charge in [0.15, 0.2) is 0 Å². The first-order chi connectivity index (χ1) is 9.60. The van der Waals surface area contributed by atoms with E-state index in [1.807, 2.05) is 0 Å². The molecule has 5 heteroatoms.